The number of hydrogen-bond donors (Lipinski definition) is 2. The third-order valence-corrected chi connectivity index (χ3v) is 5.01. The number of rotatable bonds is 4. The van der Waals surface area contributed by atoms with Gasteiger partial charge in [0.05, 0.1) is 7.11 Å². The zero-order valence-electron chi connectivity index (χ0n) is 17.4. The molecule has 31 heavy (non-hydrogen) atoms. The minimum Gasteiger partial charge on any atom is -0.468 e. The Hall–Kier alpha value is -3.50. The minimum absolute atomic E-state index is 0.0590. The highest BCUT2D eigenvalue weighted by atomic mass is 16.5. The zero-order valence-corrected chi connectivity index (χ0v) is 17.4. The van der Waals surface area contributed by atoms with Crippen LogP contribution in [-0.4, -0.2) is 71.2 Å². The van der Waals surface area contributed by atoms with Crippen molar-refractivity contribution in [3.63, 3.8) is 0 Å². The SMILES string of the molecule is COC(=O)CNC(=O)N1CCCC(c2nc(-c3cccnc3)no2)CCNC(=O)CC1. The quantitative estimate of drug-likeness (QED) is 0.687. The molecule has 3 amide bonds. The van der Waals surface area contributed by atoms with Crippen molar-refractivity contribution in [1.29, 1.82) is 0 Å². The Morgan fingerprint density at radius 1 is 1.35 bits per heavy atom. The van der Waals surface area contributed by atoms with E-state index < -0.39 is 12.0 Å². The molecular weight excluding hydrogens is 404 g/mol. The monoisotopic (exact) mass is 430 g/mol. The molecule has 0 spiro atoms. The molecule has 0 aliphatic carbocycles. The van der Waals surface area contributed by atoms with Crippen molar-refractivity contribution in [1.82, 2.24) is 30.7 Å². The summed E-state index contributed by atoms with van der Waals surface area (Å²) in [6.07, 6.45) is 5.54. The van der Waals surface area contributed by atoms with E-state index in [0.29, 0.717) is 44.1 Å². The standard InChI is InChI=1S/C20H26N6O5/c1-30-17(28)13-23-20(29)26-10-3-5-14(6-9-22-16(27)7-11-26)19-24-18(25-31-19)15-4-2-8-21-12-15/h2,4,8,12,14H,3,5-7,9-11,13H2,1H3,(H,22,27)(H,23,29). The van der Waals surface area contributed by atoms with Gasteiger partial charge in [-0.3, -0.25) is 14.6 Å². The third-order valence-electron chi connectivity index (χ3n) is 5.01. The van der Waals surface area contributed by atoms with Gasteiger partial charge < -0.3 is 24.8 Å². The van der Waals surface area contributed by atoms with E-state index in [1.54, 1.807) is 18.5 Å². The molecule has 2 aromatic heterocycles. The molecule has 3 rings (SSSR count). The average Bonchev–Trinajstić information content (AvgIpc) is 3.27. The van der Waals surface area contributed by atoms with E-state index in [9.17, 15) is 14.4 Å². The van der Waals surface area contributed by atoms with Gasteiger partial charge in [0, 0.05) is 49.9 Å². The van der Waals surface area contributed by atoms with E-state index >= 15 is 0 Å². The Kier molecular flexibility index (Phi) is 7.91. The lowest BCUT2D eigenvalue weighted by Crippen LogP contribution is -2.44. The van der Waals surface area contributed by atoms with E-state index in [0.717, 1.165) is 5.56 Å². The molecule has 11 nitrogen and oxygen atoms in total. The van der Waals surface area contributed by atoms with Crippen LogP contribution in [0.15, 0.2) is 29.0 Å². The van der Waals surface area contributed by atoms with Gasteiger partial charge in [-0.1, -0.05) is 5.16 Å². The van der Waals surface area contributed by atoms with Crippen LogP contribution < -0.4 is 10.6 Å². The number of nitrogens with one attached hydrogen (secondary N) is 2. The number of nitrogens with zero attached hydrogens (tertiary/aromatic N) is 4. The van der Waals surface area contributed by atoms with Crippen molar-refractivity contribution in [2.45, 2.75) is 31.6 Å². The maximum atomic E-state index is 12.4. The molecule has 3 heterocycles. The highest BCUT2D eigenvalue weighted by Crippen LogP contribution is 2.26. The van der Waals surface area contributed by atoms with Crippen molar-refractivity contribution in [2.24, 2.45) is 0 Å². The fourth-order valence-corrected chi connectivity index (χ4v) is 3.29. The lowest BCUT2D eigenvalue weighted by atomic mass is 9.99. The summed E-state index contributed by atoms with van der Waals surface area (Å²) in [6.45, 7) is 0.942. The van der Waals surface area contributed by atoms with Crippen molar-refractivity contribution in [3.8, 4) is 11.4 Å². The second-order valence-electron chi connectivity index (χ2n) is 7.15. The van der Waals surface area contributed by atoms with Crippen LogP contribution in [0.2, 0.25) is 0 Å². The normalized spacial score (nSPS) is 17.9. The molecule has 1 unspecified atom stereocenters. The molecule has 1 aliphatic rings. The molecule has 1 fully saturated rings. The van der Waals surface area contributed by atoms with E-state index in [1.165, 1.54) is 12.0 Å². The smallest absolute Gasteiger partial charge is 0.325 e. The third kappa shape index (κ3) is 6.49. The summed E-state index contributed by atoms with van der Waals surface area (Å²) in [5.41, 5.74) is 0.760. The first-order valence-corrected chi connectivity index (χ1v) is 10.2. The van der Waals surface area contributed by atoms with Crippen molar-refractivity contribution < 1.29 is 23.6 Å². The summed E-state index contributed by atoms with van der Waals surface area (Å²) >= 11 is 0. The number of methoxy groups -OCH3 is 1. The topological polar surface area (TPSA) is 140 Å². The van der Waals surface area contributed by atoms with Gasteiger partial charge in [0.15, 0.2) is 0 Å². The highest BCUT2D eigenvalue weighted by molar-refractivity contribution is 5.81. The molecule has 11 heteroatoms. The number of amides is 3. The van der Waals surface area contributed by atoms with Crippen LogP contribution in [0.4, 0.5) is 4.79 Å². The van der Waals surface area contributed by atoms with Gasteiger partial charge in [0.25, 0.3) is 0 Å². The number of carbonyl (C=O) groups is 3. The molecule has 1 atom stereocenters. The van der Waals surface area contributed by atoms with Crippen LogP contribution in [0.3, 0.4) is 0 Å². The average molecular weight is 430 g/mol. The van der Waals surface area contributed by atoms with E-state index in [2.05, 4.69) is 30.5 Å². The number of urea groups is 1. The zero-order chi connectivity index (χ0) is 22.1. The summed E-state index contributed by atoms with van der Waals surface area (Å²) in [5.74, 6) is 0.216. The number of esters is 1. The molecule has 0 aromatic carbocycles. The Bertz CT molecular complexity index is 887. The summed E-state index contributed by atoms with van der Waals surface area (Å²) < 4.78 is 10.0. The van der Waals surface area contributed by atoms with Crippen LogP contribution in [0.5, 0.6) is 0 Å². The predicted octanol–water partition coefficient (Wildman–Crippen LogP) is 1.09. The Balaban J connectivity index is 1.65. The number of aromatic nitrogens is 3. The van der Waals surface area contributed by atoms with Crippen molar-refractivity contribution >= 4 is 17.9 Å². The fourth-order valence-electron chi connectivity index (χ4n) is 3.29. The minimum atomic E-state index is -0.537. The molecule has 166 valence electrons. The van der Waals surface area contributed by atoms with Crippen LogP contribution in [0.1, 0.15) is 37.5 Å². The van der Waals surface area contributed by atoms with Crippen LogP contribution in [0.25, 0.3) is 11.4 Å². The molecule has 2 N–H and O–H groups in total. The second kappa shape index (κ2) is 11.0. The summed E-state index contributed by atoms with van der Waals surface area (Å²) in [7, 11) is 1.25. The Morgan fingerprint density at radius 3 is 3.00 bits per heavy atom. The molecule has 1 saturated heterocycles. The summed E-state index contributed by atoms with van der Waals surface area (Å²) in [5, 5.41) is 9.43. The van der Waals surface area contributed by atoms with E-state index in [4.69, 9.17) is 4.52 Å². The van der Waals surface area contributed by atoms with E-state index in [-0.39, 0.29) is 31.3 Å². The fraction of sp³-hybridized carbons (Fsp3) is 0.500. The lowest BCUT2D eigenvalue weighted by Gasteiger charge is -2.22. The highest BCUT2D eigenvalue weighted by Gasteiger charge is 2.23. The van der Waals surface area contributed by atoms with Crippen molar-refractivity contribution in [3.05, 3.63) is 30.4 Å². The van der Waals surface area contributed by atoms with E-state index in [1.807, 2.05) is 6.07 Å². The van der Waals surface area contributed by atoms with Gasteiger partial charge in [-0.05, 0) is 31.4 Å². The van der Waals surface area contributed by atoms with Crippen LogP contribution in [0, 0.1) is 0 Å². The predicted molar refractivity (Wildman–Crippen MR) is 109 cm³/mol. The first kappa shape index (κ1) is 22.2. The maximum Gasteiger partial charge on any atom is 0.325 e. The molecule has 0 bridgehead atoms. The summed E-state index contributed by atoms with van der Waals surface area (Å²) in [4.78, 5) is 45.9. The number of pyridine rings is 1. The van der Waals surface area contributed by atoms with Gasteiger partial charge in [-0.25, -0.2) is 4.79 Å². The van der Waals surface area contributed by atoms with Crippen LogP contribution in [-0.2, 0) is 14.3 Å². The first-order valence-electron chi connectivity index (χ1n) is 10.2. The molecule has 0 saturated carbocycles. The van der Waals surface area contributed by atoms with Gasteiger partial charge in [-0.2, -0.15) is 4.98 Å². The summed E-state index contributed by atoms with van der Waals surface area (Å²) in [6, 6.07) is 3.24. The van der Waals surface area contributed by atoms with Gasteiger partial charge in [0.1, 0.15) is 6.54 Å². The van der Waals surface area contributed by atoms with Crippen molar-refractivity contribution in [2.75, 3.05) is 33.3 Å². The molecule has 1 aliphatic heterocycles. The van der Waals surface area contributed by atoms with Gasteiger partial charge in [0.2, 0.25) is 17.6 Å². The Morgan fingerprint density at radius 2 is 2.23 bits per heavy atom. The van der Waals surface area contributed by atoms with Gasteiger partial charge >= 0.3 is 12.0 Å². The second-order valence-corrected chi connectivity index (χ2v) is 7.15. The first-order chi connectivity index (χ1) is 15.1. The maximum absolute atomic E-state index is 12.4. The van der Waals surface area contributed by atoms with Gasteiger partial charge in [-0.15, -0.1) is 0 Å². The molecular formula is C20H26N6O5. The lowest BCUT2D eigenvalue weighted by molar-refractivity contribution is -0.139. The number of carbonyl (C=O) groups excluding carboxylic acids is 3. The Labute approximate surface area is 179 Å². The number of hydrogen-bond acceptors (Lipinski definition) is 8. The molecule has 0 radical (unpaired) electrons. The molecule has 2 aromatic rings. The number of ether oxygens (including phenoxy) is 1. The van der Waals surface area contributed by atoms with Crippen LogP contribution >= 0.6 is 0 Å². The largest absolute Gasteiger partial charge is 0.468 e.